The van der Waals surface area contributed by atoms with Gasteiger partial charge in [0.05, 0.1) is 19.3 Å². The van der Waals surface area contributed by atoms with Crippen molar-refractivity contribution in [1.29, 1.82) is 0 Å². The van der Waals surface area contributed by atoms with E-state index in [1.165, 1.54) is 5.57 Å². The molecular formula is C18H24O3. The fourth-order valence-electron chi connectivity index (χ4n) is 4.25. The summed E-state index contributed by atoms with van der Waals surface area (Å²) in [7, 11) is 0. The maximum Gasteiger partial charge on any atom is 0.115 e. The minimum absolute atomic E-state index is 0.00373. The Bertz CT molecular complexity index is 548. The summed E-state index contributed by atoms with van der Waals surface area (Å²) in [4.78, 5) is 0. The second kappa shape index (κ2) is 5.15. The highest BCUT2D eigenvalue weighted by atomic mass is 16.5. The first-order valence-electron chi connectivity index (χ1n) is 7.69. The molecule has 5 atom stereocenters. The van der Waals surface area contributed by atoms with E-state index in [2.05, 4.69) is 26.8 Å². The van der Waals surface area contributed by atoms with E-state index in [1.54, 1.807) is 12.1 Å². The SMILES string of the molecule is CC1=C[C@@H](C)[C@@]2(CO)CO[C@H](c3ccc(O)cc3)[C@@H]1[C@@H]2C. The summed E-state index contributed by atoms with van der Waals surface area (Å²) in [6, 6.07) is 7.29. The number of hydrogen-bond donors (Lipinski definition) is 2. The molecular weight excluding hydrogens is 264 g/mol. The van der Waals surface area contributed by atoms with Gasteiger partial charge in [-0.05, 0) is 36.5 Å². The first kappa shape index (κ1) is 14.6. The summed E-state index contributed by atoms with van der Waals surface area (Å²) in [5.74, 6) is 1.26. The molecule has 21 heavy (non-hydrogen) atoms. The number of aromatic hydroxyl groups is 1. The Morgan fingerprint density at radius 1 is 1.24 bits per heavy atom. The summed E-state index contributed by atoms with van der Waals surface area (Å²) in [5, 5.41) is 19.4. The Kier molecular flexibility index (Phi) is 3.58. The number of fused-ring (bicyclic) bond motifs is 2. The molecule has 0 spiro atoms. The van der Waals surface area contributed by atoms with Crippen molar-refractivity contribution < 1.29 is 14.9 Å². The van der Waals surface area contributed by atoms with E-state index >= 15 is 0 Å². The van der Waals surface area contributed by atoms with Gasteiger partial charge in [0.15, 0.2) is 0 Å². The maximum atomic E-state index is 9.97. The summed E-state index contributed by atoms with van der Waals surface area (Å²) < 4.78 is 6.19. The van der Waals surface area contributed by atoms with Crippen LogP contribution in [0.3, 0.4) is 0 Å². The van der Waals surface area contributed by atoms with Gasteiger partial charge in [-0.2, -0.15) is 0 Å². The van der Waals surface area contributed by atoms with Crippen molar-refractivity contribution in [2.45, 2.75) is 26.9 Å². The third kappa shape index (κ3) is 2.11. The minimum Gasteiger partial charge on any atom is -0.508 e. The average Bonchev–Trinajstić information content (AvgIpc) is 2.46. The van der Waals surface area contributed by atoms with Crippen molar-refractivity contribution >= 4 is 0 Å². The van der Waals surface area contributed by atoms with Gasteiger partial charge in [-0.3, -0.25) is 0 Å². The Morgan fingerprint density at radius 2 is 1.90 bits per heavy atom. The van der Waals surface area contributed by atoms with Crippen molar-refractivity contribution in [2.75, 3.05) is 13.2 Å². The van der Waals surface area contributed by atoms with Gasteiger partial charge in [0.1, 0.15) is 5.75 Å². The summed E-state index contributed by atoms with van der Waals surface area (Å²) in [6.07, 6.45) is 2.31. The van der Waals surface area contributed by atoms with Crippen LogP contribution in [0.5, 0.6) is 5.75 Å². The molecule has 0 saturated carbocycles. The number of phenolic OH excluding ortho intramolecular Hbond substituents is 1. The van der Waals surface area contributed by atoms with Crippen molar-refractivity contribution in [3.8, 4) is 5.75 Å². The van der Waals surface area contributed by atoms with E-state index in [-0.39, 0.29) is 29.8 Å². The number of aliphatic hydroxyl groups excluding tert-OH is 1. The Hall–Kier alpha value is -1.32. The topological polar surface area (TPSA) is 49.7 Å². The van der Waals surface area contributed by atoms with Gasteiger partial charge in [0.25, 0.3) is 0 Å². The molecule has 3 heteroatoms. The van der Waals surface area contributed by atoms with Gasteiger partial charge in [0, 0.05) is 11.3 Å². The molecule has 3 nitrogen and oxygen atoms in total. The number of allylic oxidation sites excluding steroid dienone is 1. The zero-order valence-electron chi connectivity index (χ0n) is 12.9. The van der Waals surface area contributed by atoms with Gasteiger partial charge in [-0.1, -0.05) is 37.6 Å². The van der Waals surface area contributed by atoms with Crippen LogP contribution in [0.15, 0.2) is 35.9 Å². The lowest BCUT2D eigenvalue weighted by atomic mass is 9.56. The average molecular weight is 288 g/mol. The first-order chi connectivity index (χ1) is 9.99. The fourth-order valence-corrected chi connectivity index (χ4v) is 4.25. The molecule has 3 rings (SSSR count). The van der Waals surface area contributed by atoms with Crippen LogP contribution in [0.2, 0.25) is 0 Å². The molecule has 1 heterocycles. The molecule has 0 aromatic heterocycles. The largest absolute Gasteiger partial charge is 0.508 e. The molecule has 2 N–H and O–H groups in total. The van der Waals surface area contributed by atoms with E-state index in [9.17, 15) is 10.2 Å². The number of aliphatic hydroxyl groups is 1. The molecule has 0 unspecified atom stereocenters. The predicted octanol–water partition coefficient (Wildman–Crippen LogP) is 3.29. The Morgan fingerprint density at radius 3 is 2.52 bits per heavy atom. The molecule has 1 aromatic carbocycles. The lowest BCUT2D eigenvalue weighted by Gasteiger charge is -2.55. The third-order valence-electron chi connectivity index (χ3n) is 5.76. The summed E-state index contributed by atoms with van der Waals surface area (Å²) in [5.41, 5.74) is 2.27. The van der Waals surface area contributed by atoms with Crippen molar-refractivity contribution in [1.82, 2.24) is 0 Å². The minimum atomic E-state index is -0.169. The lowest BCUT2D eigenvalue weighted by molar-refractivity contribution is -0.165. The highest BCUT2D eigenvalue weighted by molar-refractivity contribution is 5.31. The third-order valence-corrected chi connectivity index (χ3v) is 5.76. The monoisotopic (exact) mass is 288 g/mol. The van der Waals surface area contributed by atoms with Crippen LogP contribution in [-0.4, -0.2) is 23.4 Å². The summed E-state index contributed by atoms with van der Waals surface area (Å²) in [6.45, 7) is 7.33. The first-order valence-corrected chi connectivity index (χ1v) is 7.69. The van der Waals surface area contributed by atoms with E-state index in [0.717, 1.165) is 5.56 Å². The van der Waals surface area contributed by atoms with Crippen molar-refractivity contribution in [3.05, 3.63) is 41.5 Å². The van der Waals surface area contributed by atoms with Gasteiger partial charge in [-0.15, -0.1) is 0 Å². The molecule has 2 bridgehead atoms. The van der Waals surface area contributed by atoms with Crippen LogP contribution in [0.4, 0.5) is 0 Å². The van der Waals surface area contributed by atoms with Gasteiger partial charge in [-0.25, -0.2) is 0 Å². The number of rotatable bonds is 2. The normalized spacial score (nSPS) is 39.0. The fraction of sp³-hybridized carbons (Fsp3) is 0.556. The van der Waals surface area contributed by atoms with E-state index in [4.69, 9.17) is 4.74 Å². The highest BCUT2D eigenvalue weighted by Gasteiger charge is 2.53. The van der Waals surface area contributed by atoms with E-state index in [0.29, 0.717) is 18.4 Å². The predicted molar refractivity (Wildman–Crippen MR) is 81.9 cm³/mol. The van der Waals surface area contributed by atoms with Crippen molar-refractivity contribution in [2.24, 2.45) is 23.2 Å². The zero-order chi connectivity index (χ0) is 15.2. The van der Waals surface area contributed by atoms with Gasteiger partial charge >= 0.3 is 0 Å². The van der Waals surface area contributed by atoms with Gasteiger partial charge in [0.2, 0.25) is 0 Å². The van der Waals surface area contributed by atoms with Gasteiger partial charge < -0.3 is 14.9 Å². The summed E-state index contributed by atoms with van der Waals surface area (Å²) >= 11 is 0. The number of hydrogen-bond acceptors (Lipinski definition) is 3. The molecule has 0 radical (unpaired) electrons. The van der Waals surface area contributed by atoms with E-state index < -0.39 is 0 Å². The van der Waals surface area contributed by atoms with E-state index in [1.807, 2.05) is 12.1 Å². The lowest BCUT2D eigenvalue weighted by Crippen LogP contribution is -2.53. The van der Waals surface area contributed by atoms with Crippen LogP contribution in [0, 0.1) is 23.2 Å². The maximum absolute atomic E-state index is 9.97. The molecule has 1 aromatic rings. The number of ether oxygens (including phenoxy) is 1. The Balaban J connectivity index is 2.01. The number of benzene rings is 1. The van der Waals surface area contributed by atoms with Crippen LogP contribution >= 0.6 is 0 Å². The van der Waals surface area contributed by atoms with Crippen LogP contribution in [0.1, 0.15) is 32.4 Å². The second-order valence-corrected chi connectivity index (χ2v) is 6.73. The molecule has 1 fully saturated rings. The standard InChI is InChI=1S/C18H24O3/c1-11-8-12(2)18(9-19)10-21-17(16(11)13(18)3)14-4-6-15(20)7-5-14/h4-8,12-13,16-17,19-20H,9-10H2,1-3H3/t12-,13+,16+,17-,18-/m1/s1. The smallest absolute Gasteiger partial charge is 0.115 e. The van der Waals surface area contributed by atoms with Crippen LogP contribution < -0.4 is 0 Å². The molecule has 114 valence electrons. The molecule has 1 saturated heterocycles. The highest BCUT2D eigenvalue weighted by Crippen LogP contribution is 2.55. The van der Waals surface area contributed by atoms with Crippen molar-refractivity contribution in [3.63, 3.8) is 0 Å². The van der Waals surface area contributed by atoms with Crippen LogP contribution in [-0.2, 0) is 4.74 Å². The quantitative estimate of drug-likeness (QED) is 0.821. The molecule has 1 aliphatic carbocycles. The number of phenols is 1. The Labute approximate surface area is 126 Å². The molecule has 1 aliphatic heterocycles. The zero-order valence-corrected chi connectivity index (χ0v) is 12.9. The van der Waals surface area contributed by atoms with Crippen LogP contribution in [0.25, 0.3) is 0 Å². The second-order valence-electron chi connectivity index (χ2n) is 6.73. The molecule has 2 aliphatic rings. The molecule has 0 amide bonds.